The number of aromatic nitrogens is 2. The fraction of sp³-hybridized carbons (Fsp3) is 0.357. The molecule has 10 heteroatoms. The number of nitrogens with zero attached hydrogens (tertiary/aromatic N) is 2. The number of anilines is 2. The Bertz CT molecular complexity index is 818. The molecule has 1 amide bonds. The summed E-state index contributed by atoms with van der Waals surface area (Å²) >= 11 is 0.783. The lowest BCUT2D eigenvalue weighted by Gasteiger charge is -2.07. The van der Waals surface area contributed by atoms with Gasteiger partial charge in [-0.1, -0.05) is 31.3 Å². The van der Waals surface area contributed by atoms with Gasteiger partial charge in [0.15, 0.2) is 0 Å². The molecule has 0 aliphatic carbocycles. The van der Waals surface area contributed by atoms with E-state index in [1.165, 1.54) is 0 Å². The molecule has 2 rings (SSSR count). The number of benzene rings is 1. The van der Waals surface area contributed by atoms with Crippen LogP contribution in [0.15, 0.2) is 28.6 Å². The van der Waals surface area contributed by atoms with Crippen molar-refractivity contribution in [3.63, 3.8) is 0 Å². The highest BCUT2D eigenvalue weighted by molar-refractivity contribution is 7.94. The Kier molecular flexibility index (Phi) is 5.73. The third-order valence-corrected chi connectivity index (χ3v) is 5.38. The molecule has 0 saturated carbocycles. The van der Waals surface area contributed by atoms with E-state index in [4.69, 9.17) is 4.74 Å². The topological polar surface area (TPSA) is 110 Å². The molecule has 24 heavy (non-hydrogen) atoms. The van der Waals surface area contributed by atoms with Crippen LogP contribution >= 0.6 is 11.3 Å². The predicted octanol–water partition coefficient (Wildman–Crippen LogP) is 2.33. The highest BCUT2D eigenvalue weighted by atomic mass is 32.2. The van der Waals surface area contributed by atoms with Crippen LogP contribution in [-0.2, 0) is 14.8 Å². The summed E-state index contributed by atoms with van der Waals surface area (Å²) in [6.45, 7) is 5.76. The lowest BCUT2D eigenvalue weighted by atomic mass is 10.2. The lowest BCUT2D eigenvalue weighted by Crippen LogP contribution is -2.17. The Morgan fingerprint density at radius 3 is 2.75 bits per heavy atom. The molecule has 0 aliphatic heterocycles. The van der Waals surface area contributed by atoms with Crippen molar-refractivity contribution in [2.45, 2.75) is 25.1 Å². The van der Waals surface area contributed by atoms with Crippen LogP contribution < -0.4 is 14.8 Å². The van der Waals surface area contributed by atoms with E-state index in [-0.39, 0.29) is 21.3 Å². The minimum absolute atomic E-state index is 0.136. The molecule has 0 aliphatic rings. The largest absolute Gasteiger partial charge is 0.494 e. The van der Waals surface area contributed by atoms with Gasteiger partial charge in [0, 0.05) is 12.0 Å². The van der Waals surface area contributed by atoms with Crippen LogP contribution in [0.1, 0.15) is 20.8 Å². The molecular formula is C14H18N4O4S2. The molecule has 8 nitrogen and oxygen atoms in total. The lowest BCUT2D eigenvalue weighted by molar-refractivity contribution is -0.118. The second-order valence-corrected chi connectivity index (χ2v) is 7.92. The zero-order valence-electron chi connectivity index (χ0n) is 13.4. The van der Waals surface area contributed by atoms with E-state index in [9.17, 15) is 13.2 Å². The SMILES string of the molecule is CCOc1cccc(NS(=O)(=O)c2nnc(NC(=O)C(C)C)s2)c1. The summed E-state index contributed by atoms with van der Waals surface area (Å²) in [4.78, 5) is 11.6. The fourth-order valence-electron chi connectivity index (χ4n) is 1.63. The van der Waals surface area contributed by atoms with Gasteiger partial charge in [0.25, 0.3) is 14.4 Å². The minimum atomic E-state index is -3.89. The maximum absolute atomic E-state index is 12.3. The molecule has 2 N–H and O–H groups in total. The molecule has 0 fully saturated rings. The summed E-state index contributed by atoms with van der Waals surface area (Å²) in [5, 5.41) is 9.97. The summed E-state index contributed by atoms with van der Waals surface area (Å²) in [5.74, 6) is 0.0562. The number of amides is 1. The second-order valence-electron chi connectivity index (χ2n) is 5.08. The number of nitrogens with one attached hydrogen (secondary N) is 2. The molecule has 1 heterocycles. The molecule has 0 spiro atoms. The molecule has 0 unspecified atom stereocenters. The number of sulfonamides is 1. The number of carbonyl (C=O) groups is 1. The van der Waals surface area contributed by atoms with Crippen molar-refractivity contribution in [1.82, 2.24) is 10.2 Å². The van der Waals surface area contributed by atoms with Crippen molar-refractivity contribution >= 4 is 38.1 Å². The molecule has 2 aromatic rings. The molecule has 0 radical (unpaired) electrons. The summed E-state index contributed by atoms with van der Waals surface area (Å²) in [5.41, 5.74) is 0.351. The highest BCUT2D eigenvalue weighted by Crippen LogP contribution is 2.24. The van der Waals surface area contributed by atoms with Gasteiger partial charge in [-0.25, -0.2) is 0 Å². The normalized spacial score (nSPS) is 11.3. The van der Waals surface area contributed by atoms with E-state index in [2.05, 4.69) is 20.2 Å². The van der Waals surface area contributed by atoms with Crippen LogP contribution in [0.25, 0.3) is 0 Å². The summed E-state index contributed by atoms with van der Waals surface area (Å²) in [6.07, 6.45) is 0. The minimum Gasteiger partial charge on any atom is -0.494 e. The molecule has 0 bridgehead atoms. The van der Waals surface area contributed by atoms with Crippen LogP contribution in [0.3, 0.4) is 0 Å². The van der Waals surface area contributed by atoms with Gasteiger partial charge in [-0.05, 0) is 19.1 Å². The van der Waals surface area contributed by atoms with Crippen molar-refractivity contribution in [2.75, 3.05) is 16.6 Å². The zero-order chi connectivity index (χ0) is 17.7. The van der Waals surface area contributed by atoms with Gasteiger partial charge in [-0.3, -0.25) is 9.52 Å². The van der Waals surface area contributed by atoms with E-state index < -0.39 is 10.0 Å². The quantitative estimate of drug-likeness (QED) is 0.724. The average molecular weight is 370 g/mol. The van der Waals surface area contributed by atoms with Crippen LogP contribution in [0.2, 0.25) is 0 Å². The Balaban J connectivity index is 2.14. The maximum atomic E-state index is 12.3. The van der Waals surface area contributed by atoms with Crippen LogP contribution in [-0.4, -0.2) is 31.1 Å². The maximum Gasteiger partial charge on any atom is 0.291 e. The van der Waals surface area contributed by atoms with Gasteiger partial charge in [0.05, 0.1) is 12.3 Å². The number of ether oxygens (including phenoxy) is 1. The first-order chi connectivity index (χ1) is 11.3. The monoisotopic (exact) mass is 370 g/mol. The smallest absolute Gasteiger partial charge is 0.291 e. The molecule has 1 aromatic heterocycles. The Hall–Kier alpha value is -2.20. The van der Waals surface area contributed by atoms with Gasteiger partial charge in [0.2, 0.25) is 11.0 Å². The summed E-state index contributed by atoms with van der Waals surface area (Å²) in [6, 6.07) is 6.58. The van der Waals surface area contributed by atoms with E-state index in [0.717, 1.165) is 11.3 Å². The van der Waals surface area contributed by atoms with Gasteiger partial charge in [-0.15, -0.1) is 10.2 Å². The average Bonchev–Trinajstić information content (AvgIpc) is 2.97. The van der Waals surface area contributed by atoms with E-state index >= 15 is 0 Å². The Morgan fingerprint density at radius 2 is 2.08 bits per heavy atom. The fourth-order valence-corrected chi connectivity index (χ4v) is 3.59. The van der Waals surface area contributed by atoms with Gasteiger partial charge in [0.1, 0.15) is 5.75 Å². The second kappa shape index (κ2) is 7.58. The molecule has 0 atom stereocenters. The standard InChI is InChI=1S/C14H18N4O4S2/c1-4-22-11-7-5-6-10(8-11)18-24(20,21)14-17-16-13(23-14)15-12(19)9(2)3/h5-9,18H,4H2,1-3H3,(H,15,16,19). The molecular weight excluding hydrogens is 352 g/mol. The number of hydrogen-bond acceptors (Lipinski definition) is 7. The number of carbonyl (C=O) groups excluding carboxylic acids is 1. The molecule has 0 saturated heterocycles. The van der Waals surface area contributed by atoms with Crippen LogP contribution in [0, 0.1) is 5.92 Å². The summed E-state index contributed by atoms with van der Waals surface area (Å²) < 4.78 is 32.2. The van der Waals surface area contributed by atoms with E-state index in [1.807, 2.05) is 6.92 Å². The number of hydrogen-bond donors (Lipinski definition) is 2. The zero-order valence-corrected chi connectivity index (χ0v) is 15.1. The van der Waals surface area contributed by atoms with Crippen LogP contribution in [0.5, 0.6) is 5.75 Å². The third kappa shape index (κ3) is 4.65. The first-order valence-electron chi connectivity index (χ1n) is 7.22. The van der Waals surface area contributed by atoms with Crippen molar-refractivity contribution in [1.29, 1.82) is 0 Å². The molecule has 130 valence electrons. The van der Waals surface area contributed by atoms with E-state index in [1.54, 1.807) is 38.1 Å². The van der Waals surface area contributed by atoms with Crippen molar-refractivity contribution in [3.8, 4) is 5.75 Å². The van der Waals surface area contributed by atoms with Crippen molar-refractivity contribution in [2.24, 2.45) is 5.92 Å². The van der Waals surface area contributed by atoms with E-state index in [0.29, 0.717) is 18.0 Å². The number of rotatable bonds is 7. The van der Waals surface area contributed by atoms with Crippen LogP contribution in [0.4, 0.5) is 10.8 Å². The Labute approximate surface area is 144 Å². The third-order valence-electron chi connectivity index (χ3n) is 2.79. The first-order valence-corrected chi connectivity index (χ1v) is 9.52. The van der Waals surface area contributed by atoms with Gasteiger partial charge in [-0.2, -0.15) is 8.42 Å². The van der Waals surface area contributed by atoms with Gasteiger partial charge >= 0.3 is 0 Å². The predicted molar refractivity (Wildman–Crippen MR) is 91.8 cm³/mol. The van der Waals surface area contributed by atoms with Gasteiger partial charge < -0.3 is 10.1 Å². The summed E-state index contributed by atoms with van der Waals surface area (Å²) in [7, 11) is -3.89. The van der Waals surface area contributed by atoms with Crippen molar-refractivity contribution < 1.29 is 17.9 Å². The Morgan fingerprint density at radius 1 is 1.33 bits per heavy atom. The first kappa shape index (κ1) is 18.1. The van der Waals surface area contributed by atoms with Crippen molar-refractivity contribution in [3.05, 3.63) is 24.3 Å². The molecule has 1 aromatic carbocycles. The highest BCUT2D eigenvalue weighted by Gasteiger charge is 2.21.